The van der Waals surface area contributed by atoms with E-state index in [1.54, 1.807) is 12.1 Å². The first-order chi connectivity index (χ1) is 10.3. The van der Waals surface area contributed by atoms with E-state index in [2.05, 4.69) is 5.32 Å². The van der Waals surface area contributed by atoms with Crippen molar-refractivity contribution in [1.82, 2.24) is 10.2 Å². The highest BCUT2D eigenvalue weighted by Gasteiger charge is 2.33. The van der Waals surface area contributed by atoms with E-state index in [1.807, 2.05) is 4.90 Å². The molecule has 0 aromatic heterocycles. The third-order valence-corrected chi connectivity index (χ3v) is 4.85. The summed E-state index contributed by atoms with van der Waals surface area (Å²) in [4.78, 5) is 1.98. The van der Waals surface area contributed by atoms with E-state index < -0.39 is 18.6 Å². The first-order valence-electron chi connectivity index (χ1n) is 6.94. The van der Waals surface area contributed by atoms with Crippen molar-refractivity contribution >= 4 is 47.2 Å². The maximum absolute atomic E-state index is 12.7. The van der Waals surface area contributed by atoms with Crippen molar-refractivity contribution in [3.8, 4) is 0 Å². The fourth-order valence-corrected chi connectivity index (χ4v) is 3.44. The summed E-state index contributed by atoms with van der Waals surface area (Å²) in [5.74, 6) is 0. The molecule has 0 bridgehead atoms. The third kappa shape index (κ3) is 5.83. The number of alkyl halides is 3. The minimum absolute atomic E-state index is 0. The third-order valence-electron chi connectivity index (χ3n) is 3.71. The molecule has 1 aliphatic heterocycles. The van der Waals surface area contributed by atoms with Crippen LogP contribution in [0.4, 0.5) is 13.2 Å². The molecule has 1 aromatic rings. The van der Waals surface area contributed by atoms with Gasteiger partial charge >= 0.3 is 6.18 Å². The van der Waals surface area contributed by atoms with E-state index in [0.717, 1.165) is 13.1 Å². The van der Waals surface area contributed by atoms with E-state index >= 15 is 0 Å². The standard InChI is InChI=1S/C14H16Cl3F3N2.ClH/c15-9-1-2-10(16)13(17)12(9)11(3-4-14(18,19)20)22-7-5-21-6-8-22;/h1-2,11,21H,3-8H2;1H/t11-;/m1./s1. The molecule has 1 saturated heterocycles. The Morgan fingerprint density at radius 1 is 1.09 bits per heavy atom. The van der Waals surface area contributed by atoms with Crippen LogP contribution in [0, 0.1) is 0 Å². The Hall–Kier alpha value is 0.0900. The molecule has 132 valence electrons. The van der Waals surface area contributed by atoms with Gasteiger partial charge in [-0.3, -0.25) is 4.90 Å². The predicted octanol–water partition coefficient (Wildman–Crippen LogP) is 5.36. The minimum atomic E-state index is -4.22. The largest absolute Gasteiger partial charge is 0.389 e. The average Bonchev–Trinajstić information content (AvgIpc) is 2.46. The monoisotopic (exact) mass is 410 g/mol. The fourth-order valence-electron chi connectivity index (χ4n) is 2.65. The molecule has 9 heteroatoms. The summed E-state index contributed by atoms with van der Waals surface area (Å²) in [7, 11) is 0. The van der Waals surface area contributed by atoms with Crippen LogP contribution in [0.15, 0.2) is 12.1 Å². The summed E-state index contributed by atoms with van der Waals surface area (Å²) in [5, 5.41) is 4.06. The summed E-state index contributed by atoms with van der Waals surface area (Å²) < 4.78 is 38.0. The zero-order valence-electron chi connectivity index (χ0n) is 12.1. The number of nitrogens with zero attached hydrogens (tertiary/aromatic N) is 1. The van der Waals surface area contributed by atoms with Crippen LogP contribution in [0.5, 0.6) is 0 Å². The number of rotatable bonds is 4. The normalized spacial score (nSPS) is 17.7. The molecule has 1 fully saturated rings. The molecule has 0 unspecified atom stereocenters. The second-order valence-electron chi connectivity index (χ2n) is 5.21. The first kappa shape index (κ1) is 21.1. The molecular weight excluding hydrogens is 395 g/mol. The number of piperazine rings is 1. The molecule has 2 rings (SSSR count). The molecule has 1 heterocycles. The molecule has 1 aromatic carbocycles. The predicted molar refractivity (Wildman–Crippen MR) is 91.2 cm³/mol. The first-order valence-corrected chi connectivity index (χ1v) is 8.08. The highest BCUT2D eigenvalue weighted by atomic mass is 35.5. The van der Waals surface area contributed by atoms with Crippen molar-refractivity contribution in [2.45, 2.75) is 25.1 Å². The van der Waals surface area contributed by atoms with Gasteiger partial charge in [-0.1, -0.05) is 34.8 Å². The van der Waals surface area contributed by atoms with Crippen LogP contribution >= 0.6 is 47.2 Å². The summed E-state index contributed by atoms with van der Waals surface area (Å²) in [6, 6.07) is 2.63. The van der Waals surface area contributed by atoms with Crippen LogP contribution in [0.2, 0.25) is 15.1 Å². The molecule has 2 nitrogen and oxygen atoms in total. The Morgan fingerprint density at radius 3 is 2.22 bits per heavy atom. The van der Waals surface area contributed by atoms with Gasteiger partial charge in [-0.15, -0.1) is 12.4 Å². The lowest BCUT2D eigenvalue weighted by atomic mass is 9.99. The van der Waals surface area contributed by atoms with Gasteiger partial charge < -0.3 is 5.32 Å². The van der Waals surface area contributed by atoms with Crippen molar-refractivity contribution in [3.05, 3.63) is 32.8 Å². The molecule has 0 spiro atoms. The fraction of sp³-hybridized carbons (Fsp3) is 0.571. The van der Waals surface area contributed by atoms with Crippen LogP contribution in [0.25, 0.3) is 0 Å². The molecule has 0 amide bonds. The van der Waals surface area contributed by atoms with Gasteiger partial charge in [0.1, 0.15) is 0 Å². The highest BCUT2D eigenvalue weighted by molar-refractivity contribution is 6.44. The van der Waals surface area contributed by atoms with Crippen LogP contribution in [0.3, 0.4) is 0 Å². The van der Waals surface area contributed by atoms with Gasteiger partial charge in [0.15, 0.2) is 0 Å². The summed E-state index contributed by atoms with van der Waals surface area (Å²) in [5.41, 5.74) is 0.488. The maximum atomic E-state index is 12.7. The molecule has 1 N–H and O–H groups in total. The quantitative estimate of drug-likeness (QED) is 0.671. The van der Waals surface area contributed by atoms with Gasteiger partial charge in [0.05, 0.1) is 10.0 Å². The van der Waals surface area contributed by atoms with E-state index in [9.17, 15) is 13.2 Å². The Balaban J connectivity index is 0.00000264. The Morgan fingerprint density at radius 2 is 1.65 bits per heavy atom. The summed E-state index contributed by atoms with van der Waals surface area (Å²) in [6.45, 7) is 2.72. The van der Waals surface area contributed by atoms with Gasteiger partial charge in [-0.2, -0.15) is 13.2 Å². The Labute approximate surface area is 154 Å². The van der Waals surface area contributed by atoms with Crippen LogP contribution in [-0.2, 0) is 0 Å². The van der Waals surface area contributed by atoms with E-state index in [0.29, 0.717) is 28.7 Å². The second kappa shape index (κ2) is 8.97. The van der Waals surface area contributed by atoms with Gasteiger partial charge in [0, 0.05) is 49.2 Å². The zero-order chi connectivity index (χ0) is 16.3. The molecule has 0 radical (unpaired) electrons. The van der Waals surface area contributed by atoms with Gasteiger partial charge in [-0.25, -0.2) is 0 Å². The van der Waals surface area contributed by atoms with Crippen molar-refractivity contribution in [2.24, 2.45) is 0 Å². The van der Waals surface area contributed by atoms with Crippen molar-refractivity contribution in [1.29, 1.82) is 0 Å². The van der Waals surface area contributed by atoms with Gasteiger partial charge in [0.2, 0.25) is 0 Å². The van der Waals surface area contributed by atoms with Crippen LogP contribution in [0.1, 0.15) is 24.4 Å². The van der Waals surface area contributed by atoms with Crippen molar-refractivity contribution < 1.29 is 13.2 Å². The molecule has 0 saturated carbocycles. The SMILES string of the molecule is Cl.FC(F)(F)CC[C@H](c1c(Cl)ccc(Cl)c1Cl)N1CCNCC1. The van der Waals surface area contributed by atoms with E-state index in [4.69, 9.17) is 34.8 Å². The van der Waals surface area contributed by atoms with E-state index in [1.165, 1.54) is 0 Å². The molecule has 1 aliphatic rings. The maximum Gasteiger partial charge on any atom is 0.389 e. The number of hydrogen-bond acceptors (Lipinski definition) is 2. The lowest BCUT2D eigenvalue weighted by molar-refractivity contribution is -0.138. The summed E-state index contributed by atoms with van der Waals surface area (Å²) >= 11 is 18.4. The number of benzene rings is 1. The molecule has 23 heavy (non-hydrogen) atoms. The smallest absolute Gasteiger partial charge is 0.314 e. The van der Waals surface area contributed by atoms with E-state index in [-0.39, 0.29) is 23.9 Å². The Kier molecular flexibility index (Phi) is 8.25. The molecule has 0 aliphatic carbocycles. The van der Waals surface area contributed by atoms with Gasteiger partial charge in [0.25, 0.3) is 0 Å². The number of hydrogen-bond donors (Lipinski definition) is 1. The van der Waals surface area contributed by atoms with Crippen molar-refractivity contribution in [3.63, 3.8) is 0 Å². The zero-order valence-corrected chi connectivity index (χ0v) is 15.2. The second-order valence-corrected chi connectivity index (χ2v) is 6.40. The number of halogens is 7. The lowest BCUT2D eigenvalue weighted by Crippen LogP contribution is -2.45. The highest BCUT2D eigenvalue weighted by Crippen LogP contribution is 2.41. The molecular formula is C14H17Cl4F3N2. The number of nitrogens with one attached hydrogen (secondary N) is 1. The lowest BCUT2D eigenvalue weighted by Gasteiger charge is -2.36. The molecule has 1 atom stereocenters. The Bertz CT molecular complexity index is 519. The average molecular weight is 412 g/mol. The minimum Gasteiger partial charge on any atom is -0.314 e. The van der Waals surface area contributed by atoms with Crippen LogP contribution in [-0.4, -0.2) is 37.3 Å². The van der Waals surface area contributed by atoms with Crippen LogP contribution < -0.4 is 5.32 Å². The van der Waals surface area contributed by atoms with Crippen molar-refractivity contribution in [2.75, 3.05) is 26.2 Å². The topological polar surface area (TPSA) is 15.3 Å². The summed E-state index contributed by atoms with van der Waals surface area (Å²) in [6.07, 6.45) is -5.20. The van der Waals surface area contributed by atoms with Gasteiger partial charge in [-0.05, 0) is 18.6 Å².